The highest BCUT2D eigenvalue weighted by Crippen LogP contribution is 2.37. The zero-order valence-corrected chi connectivity index (χ0v) is 12.2. The summed E-state index contributed by atoms with van der Waals surface area (Å²) >= 11 is 0. The molecule has 2 aromatic rings. The molecule has 21 heavy (non-hydrogen) atoms. The van der Waals surface area contributed by atoms with E-state index in [1.807, 2.05) is 41.3 Å². The normalized spacial score (nSPS) is 18.3. The van der Waals surface area contributed by atoms with Gasteiger partial charge in [0, 0.05) is 35.4 Å². The van der Waals surface area contributed by atoms with Gasteiger partial charge in [-0.15, -0.1) is 0 Å². The van der Waals surface area contributed by atoms with E-state index < -0.39 is 0 Å². The number of carbonyl (C=O) groups excluding carboxylic acids is 1. The molecule has 3 rings (SSSR count). The van der Waals surface area contributed by atoms with E-state index in [4.69, 9.17) is 4.74 Å². The van der Waals surface area contributed by atoms with E-state index in [0.29, 0.717) is 18.0 Å². The van der Waals surface area contributed by atoms with Gasteiger partial charge < -0.3 is 4.74 Å². The molecule has 1 saturated heterocycles. The Morgan fingerprint density at radius 2 is 2.14 bits per heavy atom. The Morgan fingerprint density at radius 3 is 2.76 bits per heavy atom. The van der Waals surface area contributed by atoms with Crippen LogP contribution in [0.3, 0.4) is 0 Å². The van der Waals surface area contributed by atoms with Crippen molar-refractivity contribution in [1.29, 1.82) is 0 Å². The highest BCUT2D eigenvalue weighted by molar-refractivity contribution is 5.90. The summed E-state index contributed by atoms with van der Waals surface area (Å²) in [5, 5.41) is 4.38. The number of carbonyl (C=O) groups is 1. The number of aromatic nitrogens is 2. The fraction of sp³-hybridized carbons (Fsp3) is 0.294. The van der Waals surface area contributed by atoms with Crippen molar-refractivity contribution in [3.05, 3.63) is 54.4 Å². The van der Waals surface area contributed by atoms with Crippen LogP contribution < -0.4 is 0 Å². The molecule has 0 N–H and O–H groups in total. The van der Waals surface area contributed by atoms with Crippen LogP contribution in [-0.4, -0.2) is 15.7 Å². The molecule has 4 heteroatoms. The fourth-order valence-corrected chi connectivity index (χ4v) is 2.53. The molecule has 0 spiro atoms. The minimum Gasteiger partial charge on any atom is -0.454 e. The van der Waals surface area contributed by atoms with Crippen molar-refractivity contribution >= 4 is 5.97 Å². The van der Waals surface area contributed by atoms with Crippen molar-refractivity contribution in [1.82, 2.24) is 9.78 Å². The average molecular weight is 282 g/mol. The number of esters is 1. The van der Waals surface area contributed by atoms with E-state index in [1.165, 1.54) is 0 Å². The maximum Gasteiger partial charge on any atom is 0.334 e. The third-order valence-electron chi connectivity index (χ3n) is 3.72. The highest BCUT2D eigenvalue weighted by Gasteiger charge is 2.30. The molecule has 1 aromatic heterocycles. The topological polar surface area (TPSA) is 44.1 Å². The van der Waals surface area contributed by atoms with E-state index in [0.717, 1.165) is 16.7 Å². The lowest BCUT2D eigenvalue weighted by Crippen LogP contribution is -2.01. The van der Waals surface area contributed by atoms with Crippen molar-refractivity contribution in [3.63, 3.8) is 0 Å². The SMILES string of the molecule is C=C1CC(c2ccccc2-c2cnn(C(C)C)c2)OC1=O. The summed E-state index contributed by atoms with van der Waals surface area (Å²) in [7, 11) is 0. The second-order valence-electron chi connectivity index (χ2n) is 5.59. The van der Waals surface area contributed by atoms with Crippen LogP contribution in [0.15, 0.2) is 48.8 Å². The Balaban J connectivity index is 1.99. The summed E-state index contributed by atoms with van der Waals surface area (Å²) in [5.41, 5.74) is 3.63. The van der Waals surface area contributed by atoms with E-state index in [9.17, 15) is 4.79 Å². The predicted molar refractivity (Wildman–Crippen MR) is 80.6 cm³/mol. The lowest BCUT2D eigenvalue weighted by atomic mass is 9.96. The molecule has 1 unspecified atom stereocenters. The summed E-state index contributed by atoms with van der Waals surface area (Å²) in [6.45, 7) is 7.93. The van der Waals surface area contributed by atoms with Gasteiger partial charge in [0.05, 0.1) is 6.20 Å². The monoisotopic (exact) mass is 282 g/mol. The summed E-state index contributed by atoms with van der Waals surface area (Å²) < 4.78 is 7.33. The van der Waals surface area contributed by atoms with Gasteiger partial charge in [0.1, 0.15) is 6.10 Å². The van der Waals surface area contributed by atoms with Gasteiger partial charge in [-0.05, 0) is 19.4 Å². The van der Waals surface area contributed by atoms with Crippen molar-refractivity contribution in [2.24, 2.45) is 0 Å². The number of hydrogen-bond donors (Lipinski definition) is 0. The molecular formula is C17H18N2O2. The number of cyclic esters (lactones) is 1. The van der Waals surface area contributed by atoms with E-state index in [-0.39, 0.29) is 12.1 Å². The van der Waals surface area contributed by atoms with Gasteiger partial charge >= 0.3 is 5.97 Å². The minimum absolute atomic E-state index is 0.247. The molecule has 1 fully saturated rings. The third kappa shape index (κ3) is 2.49. The average Bonchev–Trinajstić information content (AvgIpc) is 3.07. The van der Waals surface area contributed by atoms with Crippen LogP contribution >= 0.6 is 0 Å². The van der Waals surface area contributed by atoms with Crippen LogP contribution in [0, 0.1) is 0 Å². The van der Waals surface area contributed by atoms with Crippen LogP contribution in [0.25, 0.3) is 11.1 Å². The van der Waals surface area contributed by atoms with Crippen molar-refractivity contribution < 1.29 is 9.53 Å². The van der Waals surface area contributed by atoms with Crippen LogP contribution in [-0.2, 0) is 9.53 Å². The van der Waals surface area contributed by atoms with Crippen molar-refractivity contribution in [3.8, 4) is 11.1 Å². The summed E-state index contributed by atoms with van der Waals surface area (Å²) in [5.74, 6) is -0.298. The molecule has 1 atom stereocenters. The third-order valence-corrected chi connectivity index (χ3v) is 3.72. The minimum atomic E-state index is -0.298. The van der Waals surface area contributed by atoms with E-state index >= 15 is 0 Å². The predicted octanol–water partition coefficient (Wildman–Crippen LogP) is 3.68. The lowest BCUT2D eigenvalue weighted by Gasteiger charge is -2.13. The second-order valence-corrected chi connectivity index (χ2v) is 5.59. The van der Waals surface area contributed by atoms with Gasteiger partial charge in [-0.3, -0.25) is 4.68 Å². The van der Waals surface area contributed by atoms with Gasteiger partial charge in [0.2, 0.25) is 0 Å². The van der Waals surface area contributed by atoms with Gasteiger partial charge in [0.25, 0.3) is 0 Å². The molecule has 108 valence electrons. The van der Waals surface area contributed by atoms with Gasteiger partial charge in [-0.25, -0.2) is 4.79 Å². The van der Waals surface area contributed by atoms with Crippen LogP contribution in [0.2, 0.25) is 0 Å². The van der Waals surface area contributed by atoms with Crippen molar-refractivity contribution in [2.45, 2.75) is 32.4 Å². The first-order chi connectivity index (χ1) is 10.1. The molecular weight excluding hydrogens is 264 g/mol. The molecule has 0 bridgehead atoms. The smallest absolute Gasteiger partial charge is 0.334 e. The molecule has 4 nitrogen and oxygen atoms in total. The van der Waals surface area contributed by atoms with Crippen LogP contribution in [0.4, 0.5) is 0 Å². The first-order valence-corrected chi connectivity index (χ1v) is 7.08. The first-order valence-electron chi connectivity index (χ1n) is 7.08. The Hall–Kier alpha value is -2.36. The summed E-state index contributed by atoms with van der Waals surface area (Å²) in [6, 6.07) is 8.29. The number of benzene rings is 1. The molecule has 2 heterocycles. The Kier molecular flexibility index (Phi) is 3.37. The van der Waals surface area contributed by atoms with Gasteiger partial charge in [0.15, 0.2) is 0 Å². The fourth-order valence-electron chi connectivity index (χ4n) is 2.53. The van der Waals surface area contributed by atoms with Crippen LogP contribution in [0.1, 0.15) is 38.0 Å². The quantitative estimate of drug-likeness (QED) is 0.637. The molecule has 0 aliphatic carbocycles. The lowest BCUT2D eigenvalue weighted by molar-refractivity contribution is -0.139. The summed E-state index contributed by atoms with van der Waals surface area (Å²) in [4.78, 5) is 11.6. The van der Waals surface area contributed by atoms with E-state index in [1.54, 1.807) is 0 Å². The van der Waals surface area contributed by atoms with Gasteiger partial charge in [-0.1, -0.05) is 30.8 Å². The molecule has 1 aliphatic rings. The molecule has 0 radical (unpaired) electrons. The number of nitrogens with zero attached hydrogens (tertiary/aromatic N) is 2. The Labute approximate surface area is 124 Å². The molecule has 0 saturated carbocycles. The molecule has 1 aromatic carbocycles. The zero-order valence-electron chi connectivity index (χ0n) is 12.2. The zero-order chi connectivity index (χ0) is 15.0. The Bertz CT molecular complexity index is 684. The van der Waals surface area contributed by atoms with Crippen LogP contribution in [0.5, 0.6) is 0 Å². The van der Waals surface area contributed by atoms with Crippen molar-refractivity contribution in [2.75, 3.05) is 0 Å². The van der Waals surface area contributed by atoms with E-state index in [2.05, 4.69) is 25.5 Å². The van der Waals surface area contributed by atoms with Gasteiger partial charge in [-0.2, -0.15) is 5.10 Å². The number of ether oxygens (including phenoxy) is 1. The number of rotatable bonds is 3. The maximum absolute atomic E-state index is 11.6. The largest absolute Gasteiger partial charge is 0.454 e. The molecule has 1 aliphatic heterocycles. The molecule has 0 amide bonds. The number of hydrogen-bond acceptors (Lipinski definition) is 3. The highest BCUT2D eigenvalue weighted by atomic mass is 16.5. The summed E-state index contributed by atoms with van der Waals surface area (Å²) in [6.07, 6.45) is 4.18. The first kappa shape index (κ1) is 13.6. The maximum atomic E-state index is 11.6. The standard InChI is InChI=1S/C17H18N2O2/c1-11(2)19-10-13(9-18-19)14-6-4-5-7-15(14)16-8-12(3)17(20)21-16/h4-7,9-11,16H,3,8H2,1-2H3. The Morgan fingerprint density at radius 1 is 1.38 bits per heavy atom. The second kappa shape index (κ2) is 5.20.